The number of carboxylic acids is 1. The van der Waals surface area contributed by atoms with Crippen molar-refractivity contribution in [1.82, 2.24) is 4.90 Å². The van der Waals surface area contributed by atoms with Crippen molar-refractivity contribution in [3.05, 3.63) is 0 Å². The summed E-state index contributed by atoms with van der Waals surface area (Å²) in [5.41, 5.74) is 0. The molecule has 0 aliphatic heterocycles. The fourth-order valence-electron chi connectivity index (χ4n) is 1.86. The third-order valence-corrected chi connectivity index (χ3v) is 2.91. The third kappa shape index (κ3) is 4.62. The maximum Gasteiger partial charge on any atom is 0.303 e. The molecule has 1 saturated carbocycles. The first-order chi connectivity index (χ1) is 7.15. The highest BCUT2D eigenvalue weighted by molar-refractivity contribution is 5.66. The van der Waals surface area contributed by atoms with E-state index in [9.17, 15) is 4.79 Å². The molecule has 0 aromatic carbocycles. The van der Waals surface area contributed by atoms with Crippen molar-refractivity contribution >= 4 is 5.97 Å². The Morgan fingerprint density at radius 2 is 2.27 bits per heavy atom. The standard InChI is InChI=1S/C11H21NO3/c1-9(3-6-11(13)14)12(7-8-15-2)10-4-5-10/h9-10H,3-8H2,1-2H3,(H,13,14). The molecule has 88 valence electrons. The van der Waals surface area contributed by atoms with Gasteiger partial charge in [-0.2, -0.15) is 0 Å². The number of carbonyl (C=O) groups is 1. The summed E-state index contributed by atoms with van der Waals surface area (Å²) in [4.78, 5) is 12.9. The lowest BCUT2D eigenvalue weighted by molar-refractivity contribution is -0.137. The summed E-state index contributed by atoms with van der Waals surface area (Å²) in [6.45, 7) is 3.76. The van der Waals surface area contributed by atoms with Crippen molar-refractivity contribution in [3.8, 4) is 0 Å². The number of carboxylic acid groups (broad SMARTS) is 1. The molecule has 1 aliphatic rings. The van der Waals surface area contributed by atoms with Gasteiger partial charge >= 0.3 is 5.97 Å². The predicted molar refractivity (Wildman–Crippen MR) is 57.9 cm³/mol. The quantitative estimate of drug-likeness (QED) is 0.664. The molecule has 1 aliphatic carbocycles. The summed E-state index contributed by atoms with van der Waals surface area (Å²) in [5, 5.41) is 8.63. The van der Waals surface area contributed by atoms with Gasteiger partial charge in [-0.15, -0.1) is 0 Å². The number of hydrogen-bond acceptors (Lipinski definition) is 3. The monoisotopic (exact) mass is 215 g/mol. The Kier molecular flexibility index (Phi) is 5.05. The van der Waals surface area contributed by atoms with Gasteiger partial charge in [-0.25, -0.2) is 0 Å². The van der Waals surface area contributed by atoms with E-state index in [1.54, 1.807) is 7.11 Å². The van der Waals surface area contributed by atoms with Gasteiger partial charge in [0, 0.05) is 32.2 Å². The molecule has 1 atom stereocenters. The Labute approximate surface area is 91.2 Å². The maximum absolute atomic E-state index is 10.5. The molecule has 0 bridgehead atoms. The van der Waals surface area contributed by atoms with E-state index in [0.717, 1.165) is 19.6 Å². The van der Waals surface area contributed by atoms with Crippen molar-refractivity contribution in [3.63, 3.8) is 0 Å². The zero-order valence-corrected chi connectivity index (χ0v) is 9.61. The Bertz CT molecular complexity index is 204. The van der Waals surface area contributed by atoms with Crippen LogP contribution in [-0.4, -0.2) is 48.3 Å². The van der Waals surface area contributed by atoms with Crippen molar-refractivity contribution in [2.75, 3.05) is 20.3 Å². The summed E-state index contributed by atoms with van der Waals surface area (Å²) in [6, 6.07) is 1.02. The molecule has 1 rings (SSSR count). The lowest BCUT2D eigenvalue weighted by Crippen LogP contribution is -2.37. The van der Waals surface area contributed by atoms with Crippen LogP contribution in [0, 0.1) is 0 Å². The Morgan fingerprint density at radius 1 is 1.60 bits per heavy atom. The van der Waals surface area contributed by atoms with Crippen LogP contribution in [0.15, 0.2) is 0 Å². The van der Waals surface area contributed by atoms with Gasteiger partial charge in [0.05, 0.1) is 6.61 Å². The minimum atomic E-state index is -0.704. The first-order valence-corrected chi connectivity index (χ1v) is 5.61. The van der Waals surface area contributed by atoms with Crippen LogP contribution in [0.5, 0.6) is 0 Å². The Hall–Kier alpha value is -0.610. The van der Waals surface area contributed by atoms with Crippen LogP contribution < -0.4 is 0 Å². The predicted octanol–water partition coefficient (Wildman–Crippen LogP) is 1.35. The van der Waals surface area contributed by atoms with Gasteiger partial charge in [0.15, 0.2) is 0 Å². The van der Waals surface area contributed by atoms with Crippen LogP contribution in [0.2, 0.25) is 0 Å². The number of nitrogens with zero attached hydrogens (tertiary/aromatic N) is 1. The van der Waals surface area contributed by atoms with E-state index in [4.69, 9.17) is 9.84 Å². The molecule has 1 fully saturated rings. The number of ether oxygens (including phenoxy) is 1. The number of rotatable bonds is 8. The van der Waals surface area contributed by atoms with Gasteiger partial charge in [0.25, 0.3) is 0 Å². The van der Waals surface area contributed by atoms with E-state index in [-0.39, 0.29) is 6.42 Å². The minimum Gasteiger partial charge on any atom is -0.481 e. The lowest BCUT2D eigenvalue weighted by Gasteiger charge is -2.28. The number of aliphatic carboxylic acids is 1. The fraction of sp³-hybridized carbons (Fsp3) is 0.909. The normalized spacial score (nSPS) is 18.1. The van der Waals surface area contributed by atoms with Crippen molar-refractivity contribution in [1.29, 1.82) is 0 Å². The molecule has 0 spiro atoms. The molecule has 15 heavy (non-hydrogen) atoms. The van der Waals surface area contributed by atoms with Crippen LogP contribution in [0.1, 0.15) is 32.6 Å². The van der Waals surface area contributed by atoms with Crippen LogP contribution in [-0.2, 0) is 9.53 Å². The average molecular weight is 215 g/mol. The van der Waals surface area contributed by atoms with E-state index >= 15 is 0 Å². The van der Waals surface area contributed by atoms with Crippen LogP contribution in [0.4, 0.5) is 0 Å². The molecule has 0 amide bonds. The summed E-state index contributed by atoms with van der Waals surface area (Å²) in [5.74, 6) is -0.704. The van der Waals surface area contributed by atoms with Gasteiger partial charge in [0.2, 0.25) is 0 Å². The second-order valence-electron chi connectivity index (χ2n) is 4.24. The zero-order valence-electron chi connectivity index (χ0n) is 9.61. The van der Waals surface area contributed by atoms with Crippen molar-refractivity contribution in [2.24, 2.45) is 0 Å². The highest BCUT2D eigenvalue weighted by atomic mass is 16.5. The van der Waals surface area contributed by atoms with Crippen LogP contribution >= 0.6 is 0 Å². The maximum atomic E-state index is 10.5. The Morgan fingerprint density at radius 3 is 2.73 bits per heavy atom. The topological polar surface area (TPSA) is 49.8 Å². The van der Waals surface area contributed by atoms with E-state index in [0.29, 0.717) is 12.1 Å². The number of hydrogen-bond donors (Lipinski definition) is 1. The molecule has 4 heteroatoms. The van der Waals surface area contributed by atoms with Gasteiger partial charge in [-0.1, -0.05) is 0 Å². The summed E-state index contributed by atoms with van der Waals surface area (Å²) in [6.07, 6.45) is 3.50. The molecular weight excluding hydrogens is 194 g/mol. The average Bonchev–Trinajstić information content (AvgIpc) is 2.99. The molecule has 0 saturated heterocycles. The fourth-order valence-corrected chi connectivity index (χ4v) is 1.86. The lowest BCUT2D eigenvalue weighted by atomic mass is 10.1. The molecule has 0 radical (unpaired) electrons. The molecule has 0 heterocycles. The Balaban J connectivity index is 2.29. The van der Waals surface area contributed by atoms with Crippen molar-refractivity contribution in [2.45, 2.75) is 44.7 Å². The number of methoxy groups -OCH3 is 1. The molecule has 1 N–H and O–H groups in total. The SMILES string of the molecule is COCCN(C(C)CCC(=O)O)C1CC1. The molecule has 0 aromatic heterocycles. The highest BCUT2D eigenvalue weighted by Crippen LogP contribution is 2.29. The second-order valence-corrected chi connectivity index (χ2v) is 4.24. The largest absolute Gasteiger partial charge is 0.481 e. The van der Waals surface area contributed by atoms with E-state index < -0.39 is 5.97 Å². The molecule has 4 nitrogen and oxygen atoms in total. The smallest absolute Gasteiger partial charge is 0.303 e. The molecule has 1 unspecified atom stereocenters. The molecular formula is C11H21NO3. The summed E-state index contributed by atoms with van der Waals surface area (Å²) in [7, 11) is 1.70. The first-order valence-electron chi connectivity index (χ1n) is 5.61. The van der Waals surface area contributed by atoms with Gasteiger partial charge in [-0.05, 0) is 26.2 Å². The van der Waals surface area contributed by atoms with Gasteiger partial charge in [0.1, 0.15) is 0 Å². The highest BCUT2D eigenvalue weighted by Gasteiger charge is 2.31. The second kappa shape index (κ2) is 6.08. The van der Waals surface area contributed by atoms with Gasteiger partial charge < -0.3 is 9.84 Å². The van der Waals surface area contributed by atoms with Crippen LogP contribution in [0.3, 0.4) is 0 Å². The van der Waals surface area contributed by atoms with Gasteiger partial charge in [-0.3, -0.25) is 9.69 Å². The minimum absolute atomic E-state index is 0.261. The van der Waals surface area contributed by atoms with E-state index in [1.807, 2.05) is 0 Å². The third-order valence-electron chi connectivity index (χ3n) is 2.91. The summed E-state index contributed by atoms with van der Waals surface area (Å²) < 4.78 is 5.07. The molecule has 0 aromatic rings. The van der Waals surface area contributed by atoms with E-state index in [2.05, 4.69) is 11.8 Å². The van der Waals surface area contributed by atoms with Crippen molar-refractivity contribution < 1.29 is 14.6 Å². The van der Waals surface area contributed by atoms with E-state index in [1.165, 1.54) is 12.8 Å². The summed E-state index contributed by atoms with van der Waals surface area (Å²) >= 11 is 0. The zero-order chi connectivity index (χ0) is 11.3. The van der Waals surface area contributed by atoms with Crippen LogP contribution in [0.25, 0.3) is 0 Å². The first kappa shape index (κ1) is 12.5.